The van der Waals surface area contributed by atoms with Crippen LogP contribution in [0.2, 0.25) is 0 Å². The van der Waals surface area contributed by atoms with E-state index in [1.54, 1.807) is 24.3 Å². The summed E-state index contributed by atoms with van der Waals surface area (Å²) in [5.41, 5.74) is 0.787. The first-order valence-electron chi connectivity index (χ1n) is 6.41. The van der Waals surface area contributed by atoms with E-state index in [1.165, 1.54) is 6.08 Å². The Hall–Kier alpha value is -2.11. The highest BCUT2D eigenvalue weighted by molar-refractivity contribution is 6.11. The van der Waals surface area contributed by atoms with Crippen molar-refractivity contribution >= 4 is 11.6 Å². The standard InChI is InChI=1S/C15H13F3O3/c16-15(17,18)14(20)11-7-4-8-12(13(11)19)21-9-10-5-2-1-3-6-10/h1-3,5-6,8,11H,4,7,9H2. The first-order valence-corrected chi connectivity index (χ1v) is 6.41. The lowest BCUT2D eigenvalue weighted by Crippen LogP contribution is -2.37. The van der Waals surface area contributed by atoms with Crippen LogP contribution in [-0.4, -0.2) is 17.7 Å². The van der Waals surface area contributed by atoms with Crippen molar-refractivity contribution in [2.45, 2.75) is 25.6 Å². The Morgan fingerprint density at radius 2 is 1.90 bits per heavy atom. The molecule has 0 fully saturated rings. The van der Waals surface area contributed by atoms with E-state index in [-0.39, 0.29) is 25.2 Å². The fourth-order valence-electron chi connectivity index (χ4n) is 2.10. The van der Waals surface area contributed by atoms with Gasteiger partial charge in [-0.1, -0.05) is 30.3 Å². The zero-order valence-electron chi connectivity index (χ0n) is 11.0. The number of hydrogen-bond acceptors (Lipinski definition) is 3. The third kappa shape index (κ3) is 3.71. The van der Waals surface area contributed by atoms with Gasteiger partial charge >= 0.3 is 6.18 Å². The molecule has 112 valence electrons. The molecule has 1 aliphatic carbocycles. The Morgan fingerprint density at radius 1 is 1.24 bits per heavy atom. The number of ketones is 2. The van der Waals surface area contributed by atoms with Gasteiger partial charge in [0.2, 0.25) is 11.6 Å². The minimum Gasteiger partial charge on any atom is -0.485 e. The zero-order valence-corrected chi connectivity index (χ0v) is 11.0. The van der Waals surface area contributed by atoms with E-state index < -0.39 is 23.7 Å². The number of hydrogen-bond donors (Lipinski definition) is 0. The molecule has 0 bridgehead atoms. The molecule has 0 aliphatic heterocycles. The van der Waals surface area contributed by atoms with Crippen molar-refractivity contribution in [3.8, 4) is 0 Å². The number of carbonyl (C=O) groups excluding carboxylic acids is 2. The molecule has 0 saturated carbocycles. The zero-order chi connectivity index (χ0) is 15.5. The normalized spacial score (nSPS) is 19.1. The molecule has 1 aliphatic rings. The highest BCUT2D eigenvalue weighted by Gasteiger charge is 2.47. The largest absolute Gasteiger partial charge is 0.485 e. The average molecular weight is 298 g/mol. The molecular formula is C15H13F3O3. The van der Waals surface area contributed by atoms with Crippen LogP contribution in [0.1, 0.15) is 18.4 Å². The van der Waals surface area contributed by atoms with E-state index in [9.17, 15) is 22.8 Å². The number of Topliss-reactive ketones (excluding diaryl/α,β-unsaturated/α-hetero) is 2. The molecule has 21 heavy (non-hydrogen) atoms. The summed E-state index contributed by atoms with van der Waals surface area (Å²) in [6, 6.07) is 8.92. The predicted molar refractivity (Wildman–Crippen MR) is 68.1 cm³/mol. The number of allylic oxidation sites excluding steroid dienone is 2. The molecule has 0 spiro atoms. The summed E-state index contributed by atoms with van der Waals surface area (Å²) >= 11 is 0. The van der Waals surface area contributed by atoms with Crippen LogP contribution in [0, 0.1) is 5.92 Å². The monoisotopic (exact) mass is 298 g/mol. The summed E-state index contributed by atoms with van der Waals surface area (Å²) in [5.74, 6) is -4.73. The first-order chi connectivity index (χ1) is 9.89. The maximum Gasteiger partial charge on any atom is 0.450 e. The van der Waals surface area contributed by atoms with Crippen LogP contribution in [0.3, 0.4) is 0 Å². The van der Waals surface area contributed by atoms with Gasteiger partial charge in [0.05, 0.1) is 5.92 Å². The molecule has 3 nitrogen and oxygen atoms in total. The topological polar surface area (TPSA) is 43.4 Å². The summed E-state index contributed by atoms with van der Waals surface area (Å²) in [6.07, 6.45) is -3.48. The molecule has 6 heteroatoms. The molecule has 2 rings (SSSR count). The van der Waals surface area contributed by atoms with Crippen LogP contribution in [0.4, 0.5) is 13.2 Å². The molecule has 0 N–H and O–H groups in total. The van der Waals surface area contributed by atoms with Gasteiger partial charge in [-0.3, -0.25) is 9.59 Å². The Balaban J connectivity index is 2.03. The second-order valence-electron chi connectivity index (χ2n) is 4.70. The van der Waals surface area contributed by atoms with Gasteiger partial charge in [0.1, 0.15) is 6.61 Å². The maximum atomic E-state index is 12.4. The van der Waals surface area contributed by atoms with Crippen molar-refractivity contribution in [2.24, 2.45) is 5.92 Å². The molecule has 1 unspecified atom stereocenters. The summed E-state index contributed by atoms with van der Waals surface area (Å²) < 4.78 is 42.5. The molecule has 1 atom stereocenters. The van der Waals surface area contributed by atoms with Crippen LogP contribution in [-0.2, 0) is 20.9 Å². The smallest absolute Gasteiger partial charge is 0.450 e. The Labute approximate surface area is 119 Å². The third-order valence-electron chi connectivity index (χ3n) is 3.18. The van der Waals surface area contributed by atoms with Crippen LogP contribution < -0.4 is 0 Å². The summed E-state index contributed by atoms with van der Waals surface area (Å²) in [7, 11) is 0. The van der Waals surface area contributed by atoms with Gasteiger partial charge in [0.15, 0.2) is 5.76 Å². The van der Waals surface area contributed by atoms with Crippen molar-refractivity contribution < 1.29 is 27.5 Å². The number of alkyl halides is 3. The van der Waals surface area contributed by atoms with E-state index in [2.05, 4.69) is 0 Å². The van der Waals surface area contributed by atoms with Gasteiger partial charge in [-0.05, 0) is 24.5 Å². The fraction of sp³-hybridized carbons (Fsp3) is 0.333. The highest BCUT2D eigenvalue weighted by Crippen LogP contribution is 2.29. The van der Waals surface area contributed by atoms with E-state index >= 15 is 0 Å². The number of carbonyl (C=O) groups is 2. The summed E-state index contributed by atoms with van der Waals surface area (Å²) in [4.78, 5) is 23.1. The SMILES string of the molecule is O=C1C(OCc2ccccc2)=CCCC1C(=O)C(F)(F)F. The Kier molecular flexibility index (Phi) is 4.45. The maximum absolute atomic E-state index is 12.4. The minimum atomic E-state index is -5.00. The molecular weight excluding hydrogens is 285 g/mol. The lowest BCUT2D eigenvalue weighted by Gasteiger charge is -2.21. The number of rotatable bonds is 4. The summed E-state index contributed by atoms with van der Waals surface area (Å²) in [6.45, 7) is 0.0747. The van der Waals surface area contributed by atoms with Gasteiger partial charge in [0, 0.05) is 0 Å². The van der Waals surface area contributed by atoms with Crippen molar-refractivity contribution in [3.63, 3.8) is 0 Å². The highest BCUT2D eigenvalue weighted by atomic mass is 19.4. The van der Waals surface area contributed by atoms with Gasteiger partial charge in [-0.15, -0.1) is 0 Å². The lowest BCUT2D eigenvalue weighted by atomic mass is 9.88. The molecule has 0 heterocycles. The van der Waals surface area contributed by atoms with Crippen molar-refractivity contribution in [1.29, 1.82) is 0 Å². The van der Waals surface area contributed by atoms with E-state index in [4.69, 9.17) is 4.74 Å². The van der Waals surface area contributed by atoms with Crippen molar-refractivity contribution in [1.82, 2.24) is 0 Å². The van der Waals surface area contributed by atoms with Crippen LogP contribution >= 0.6 is 0 Å². The average Bonchev–Trinajstić information content (AvgIpc) is 2.45. The van der Waals surface area contributed by atoms with E-state index in [1.807, 2.05) is 6.07 Å². The van der Waals surface area contributed by atoms with Gasteiger partial charge in [0.25, 0.3) is 0 Å². The Morgan fingerprint density at radius 3 is 2.52 bits per heavy atom. The molecule has 1 aromatic rings. The second-order valence-corrected chi connectivity index (χ2v) is 4.70. The van der Waals surface area contributed by atoms with Crippen LogP contribution in [0.15, 0.2) is 42.2 Å². The minimum absolute atomic E-state index is 0.0747. The van der Waals surface area contributed by atoms with Crippen molar-refractivity contribution in [3.05, 3.63) is 47.7 Å². The molecule has 0 saturated heterocycles. The quantitative estimate of drug-likeness (QED) is 0.802. The number of benzene rings is 1. The predicted octanol–water partition coefficient (Wildman–Crippen LogP) is 3.20. The number of ether oxygens (including phenoxy) is 1. The van der Waals surface area contributed by atoms with E-state index in [0.717, 1.165) is 5.56 Å². The van der Waals surface area contributed by atoms with Gasteiger partial charge < -0.3 is 4.74 Å². The molecule has 0 aromatic heterocycles. The van der Waals surface area contributed by atoms with Crippen LogP contribution in [0.5, 0.6) is 0 Å². The lowest BCUT2D eigenvalue weighted by molar-refractivity contribution is -0.177. The van der Waals surface area contributed by atoms with Gasteiger partial charge in [-0.25, -0.2) is 0 Å². The molecule has 0 amide bonds. The first kappa shape index (κ1) is 15.3. The summed E-state index contributed by atoms with van der Waals surface area (Å²) in [5, 5.41) is 0. The Bertz CT molecular complexity index is 561. The van der Waals surface area contributed by atoms with E-state index in [0.29, 0.717) is 0 Å². The third-order valence-corrected chi connectivity index (χ3v) is 3.18. The molecule has 1 aromatic carbocycles. The van der Waals surface area contributed by atoms with Crippen molar-refractivity contribution in [2.75, 3.05) is 0 Å². The second kappa shape index (κ2) is 6.11. The van der Waals surface area contributed by atoms with Gasteiger partial charge in [-0.2, -0.15) is 13.2 Å². The number of halogens is 3. The molecule has 0 radical (unpaired) electrons. The van der Waals surface area contributed by atoms with Crippen LogP contribution in [0.25, 0.3) is 0 Å². The fourth-order valence-corrected chi connectivity index (χ4v) is 2.10.